The first kappa shape index (κ1) is 11.8. The van der Waals surface area contributed by atoms with Crippen molar-refractivity contribution in [2.45, 2.75) is 17.7 Å². The molecular formula is C12H10Cl2N2O2. The summed E-state index contributed by atoms with van der Waals surface area (Å²) in [5.41, 5.74) is 2.07. The van der Waals surface area contributed by atoms with Gasteiger partial charge in [-0.15, -0.1) is 23.2 Å². The molecular weight excluding hydrogens is 275 g/mol. The van der Waals surface area contributed by atoms with E-state index in [9.17, 15) is 4.79 Å². The highest BCUT2D eigenvalue weighted by Crippen LogP contribution is 2.53. The lowest BCUT2D eigenvalue weighted by atomic mass is 10.2. The molecule has 1 saturated carbocycles. The molecule has 1 N–H and O–H groups in total. The first-order valence-electron chi connectivity index (χ1n) is 5.51. The van der Waals surface area contributed by atoms with Crippen LogP contribution in [0.1, 0.15) is 12.3 Å². The number of rotatable bonds is 2. The van der Waals surface area contributed by atoms with Gasteiger partial charge in [0.2, 0.25) is 5.91 Å². The molecule has 4 nitrogen and oxygen atoms in total. The second-order valence-corrected chi connectivity index (χ2v) is 5.96. The number of halogens is 2. The number of hydrogen-bond donors (Lipinski definition) is 1. The van der Waals surface area contributed by atoms with Crippen LogP contribution in [0.15, 0.2) is 22.6 Å². The van der Waals surface area contributed by atoms with E-state index in [4.69, 9.17) is 27.6 Å². The van der Waals surface area contributed by atoms with Crippen molar-refractivity contribution in [3.63, 3.8) is 0 Å². The van der Waals surface area contributed by atoms with E-state index in [1.807, 2.05) is 0 Å². The summed E-state index contributed by atoms with van der Waals surface area (Å²) in [4.78, 5) is 16.0. The van der Waals surface area contributed by atoms with Gasteiger partial charge in [-0.1, -0.05) is 0 Å². The Morgan fingerprint density at radius 1 is 1.56 bits per heavy atom. The molecule has 18 heavy (non-hydrogen) atoms. The van der Waals surface area contributed by atoms with Gasteiger partial charge in [-0.2, -0.15) is 0 Å². The van der Waals surface area contributed by atoms with Gasteiger partial charge < -0.3 is 9.73 Å². The fourth-order valence-electron chi connectivity index (χ4n) is 1.85. The van der Waals surface area contributed by atoms with Crippen LogP contribution in [0.2, 0.25) is 0 Å². The van der Waals surface area contributed by atoms with E-state index in [1.54, 1.807) is 25.1 Å². The standard InChI is InChI=1S/C12H10Cl2N2O2/c1-6-15-9-4-7(2-3-10(9)18-6)16-11(17)8-5-12(8,13)14/h2-4,8H,5H2,1H3,(H,16,17). The highest BCUT2D eigenvalue weighted by Gasteiger charge is 2.56. The Morgan fingerprint density at radius 2 is 2.28 bits per heavy atom. The van der Waals surface area contributed by atoms with E-state index < -0.39 is 4.33 Å². The van der Waals surface area contributed by atoms with E-state index in [2.05, 4.69) is 10.3 Å². The van der Waals surface area contributed by atoms with Crippen LogP contribution < -0.4 is 5.32 Å². The first-order valence-corrected chi connectivity index (χ1v) is 6.27. The van der Waals surface area contributed by atoms with Gasteiger partial charge >= 0.3 is 0 Å². The summed E-state index contributed by atoms with van der Waals surface area (Å²) in [6.07, 6.45) is 0.493. The average Bonchev–Trinajstić information content (AvgIpc) is 2.77. The zero-order valence-electron chi connectivity index (χ0n) is 9.54. The summed E-state index contributed by atoms with van der Waals surface area (Å²) in [5.74, 6) is 0.0892. The van der Waals surface area contributed by atoms with Crippen molar-refractivity contribution in [2.75, 3.05) is 5.32 Å². The molecule has 1 aliphatic rings. The van der Waals surface area contributed by atoms with Crippen molar-refractivity contribution in [2.24, 2.45) is 5.92 Å². The maximum Gasteiger partial charge on any atom is 0.230 e. The maximum absolute atomic E-state index is 11.8. The molecule has 1 unspecified atom stereocenters. The minimum Gasteiger partial charge on any atom is -0.441 e. The molecule has 1 amide bonds. The molecule has 1 aliphatic carbocycles. The monoisotopic (exact) mass is 284 g/mol. The van der Waals surface area contributed by atoms with Crippen LogP contribution in [0.5, 0.6) is 0 Å². The first-order chi connectivity index (χ1) is 8.45. The summed E-state index contributed by atoms with van der Waals surface area (Å²) >= 11 is 11.7. The van der Waals surface area contributed by atoms with Crippen LogP contribution in [0.4, 0.5) is 5.69 Å². The fraction of sp³-hybridized carbons (Fsp3) is 0.333. The van der Waals surface area contributed by atoms with Gasteiger partial charge in [0.25, 0.3) is 0 Å². The van der Waals surface area contributed by atoms with Crippen LogP contribution in [0.25, 0.3) is 11.1 Å². The number of aromatic nitrogens is 1. The van der Waals surface area contributed by atoms with Crippen molar-refractivity contribution >= 4 is 45.9 Å². The number of amides is 1. The molecule has 1 atom stereocenters. The number of carbonyl (C=O) groups is 1. The van der Waals surface area contributed by atoms with Crippen molar-refractivity contribution < 1.29 is 9.21 Å². The predicted octanol–water partition coefficient (Wildman–Crippen LogP) is 3.27. The quantitative estimate of drug-likeness (QED) is 0.861. The van der Waals surface area contributed by atoms with Crippen molar-refractivity contribution in [3.05, 3.63) is 24.1 Å². The Hall–Kier alpha value is -1.26. The third-order valence-corrected chi connectivity index (χ3v) is 3.74. The Bertz CT molecular complexity index is 636. The number of carbonyl (C=O) groups excluding carboxylic acids is 1. The highest BCUT2D eigenvalue weighted by atomic mass is 35.5. The van der Waals surface area contributed by atoms with Crippen molar-refractivity contribution in [3.8, 4) is 0 Å². The smallest absolute Gasteiger partial charge is 0.230 e. The van der Waals surface area contributed by atoms with Crippen LogP contribution in [-0.4, -0.2) is 15.2 Å². The molecule has 0 saturated heterocycles. The Kier molecular flexibility index (Phi) is 2.54. The van der Waals surface area contributed by atoms with Gasteiger partial charge in [-0.25, -0.2) is 4.98 Å². The summed E-state index contributed by atoms with van der Waals surface area (Å²) < 4.78 is 4.45. The maximum atomic E-state index is 11.8. The van der Waals surface area contributed by atoms with Gasteiger partial charge in [-0.05, 0) is 24.6 Å². The SMILES string of the molecule is Cc1nc2cc(NC(=O)C3CC3(Cl)Cl)ccc2o1. The molecule has 3 rings (SSSR count). The van der Waals surface area contributed by atoms with E-state index in [0.29, 0.717) is 29.1 Å². The van der Waals surface area contributed by atoms with Crippen molar-refractivity contribution in [1.29, 1.82) is 0 Å². The Morgan fingerprint density at radius 3 is 2.94 bits per heavy atom. The molecule has 1 fully saturated rings. The molecule has 1 aromatic heterocycles. The molecule has 0 bridgehead atoms. The third kappa shape index (κ3) is 2.06. The minimum absolute atomic E-state index is 0.167. The number of fused-ring (bicyclic) bond motifs is 1. The van der Waals surface area contributed by atoms with Crippen LogP contribution in [0, 0.1) is 12.8 Å². The number of nitrogens with one attached hydrogen (secondary N) is 1. The van der Waals surface area contributed by atoms with Gasteiger partial charge in [0, 0.05) is 12.6 Å². The molecule has 6 heteroatoms. The number of hydrogen-bond acceptors (Lipinski definition) is 3. The third-order valence-electron chi connectivity index (χ3n) is 2.90. The normalized spacial score (nSPS) is 20.9. The fourth-order valence-corrected chi connectivity index (χ4v) is 2.35. The molecule has 1 aromatic carbocycles. The molecule has 2 aromatic rings. The molecule has 0 radical (unpaired) electrons. The summed E-state index contributed by atoms with van der Waals surface area (Å²) in [6, 6.07) is 5.29. The van der Waals surface area contributed by atoms with Gasteiger partial charge in [0.15, 0.2) is 11.5 Å². The highest BCUT2D eigenvalue weighted by molar-refractivity contribution is 6.52. The summed E-state index contributed by atoms with van der Waals surface area (Å²) in [7, 11) is 0. The largest absolute Gasteiger partial charge is 0.441 e. The number of aryl methyl sites for hydroxylation is 1. The molecule has 94 valence electrons. The van der Waals surface area contributed by atoms with E-state index in [1.165, 1.54) is 0 Å². The van der Waals surface area contributed by atoms with Gasteiger partial charge in [-0.3, -0.25) is 4.79 Å². The lowest BCUT2D eigenvalue weighted by molar-refractivity contribution is -0.117. The minimum atomic E-state index is -0.904. The zero-order chi connectivity index (χ0) is 12.9. The second-order valence-electron chi connectivity index (χ2n) is 4.42. The van der Waals surface area contributed by atoms with Gasteiger partial charge in [0.1, 0.15) is 9.85 Å². The number of benzene rings is 1. The molecule has 0 spiro atoms. The second kappa shape index (κ2) is 3.87. The van der Waals surface area contributed by atoms with E-state index >= 15 is 0 Å². The predicted molar refractivity (Wildman–Crippen MR) is 69.9 cm³/mol. The average molecular weight is 285 g/mol. The van der Waals surface area contributed by atoms with E-state index in [-0.39, 0.29) is 11.8 Å². The van der Waals surface area contributed by atoms with Crippen LogP contribution in [-0.2, 0) is 4.79 Å². The summed E-state index contributed by atoms with van der Waals surface area (Å²) in [5, 5.41) is 2.77. The molecule has 0 aliphatic heterocycles. The summed E-state index contributed by atoms with van der Waals surface area (Å²) in [6.45, 7) is 1.78. The van der Waals surface area contributed by atoms with E-state index in [0.717, 1.165) is 0 Å². The number of anilines is 1. The number of nitrogens with zero attached hydrogens (tertiary/aromatic N) is 1. The number of oxazole rings is 1. The van der Waals surface area contributed by atoms with Crippen LogP contribution >= 0.6 is 23.2 Å². The molecule has 1 heterocycles. The lowest BCUT2D eigenvalue weighted by Gasteiger charge is -2.04. The lowest BCUT2D eigenvalue weighted by Crippen LogP contribution is -2.16. The zero-order valence-corrected chi connectivity index (χ0v) is 11.0. The van der Waals surface area contributed by atoms with Crippen LogP contribution in [0.3, 0.4) is 0 Å². The Balaban J connectivity index is 1.80. The van der Waals surface area contributed by atoms with Crippen molar-refractivity contribution in [1.82, 2.24) is 4.98 Å². The number of alkyl halides is 2. The van der Waals surface area contributed by atoms with Gasteiger partial charge in [0.05, 0.1) is 5.92 Å². The topological polar surface area (TPSA) is 55.1 Å². The Labute approximate surface area is 113 Å².